The van der Waals surface area contributed by atoms with Gasteiger partial charge in [-0.25, -0.2) is 4.79 Å². The van der Waals surface area contributed by atoms with Gasteiger partial charge in [-0.1, -0.05) is 6.42 Å². The number of nitrogens with two attached hydrogens (primary N) is 3. The van der Waals surface area contributed by atoms with Crippen LogP contribution < -0.4 is 27.8 Å². The van der Waals surface area contributed by atoms with Crippen molar-refractivity contribution in [3.63, 3.8) is 0 Å². The van der Waals surface area contributed by atoms with Gasteiger partial charge in [0.1, 0.15) is 18.1 Å². The van der Waals surface area contributed by atoms with E-state index in [-0.39, 0.29) is 25.1 Å². The minimum Gasteiger partial charge on any atom is -0.480 e. The van der Waals surface area contributed by atoms with Crippen molar-refractivity contribution in [1.29, 1.82) is 0 Å². The van der Waals surface area contributed by atoms with Crippen LogP contribution in [-0.2, 0) is 24.0 Å². The third-order valence-corrected chi connectivity index (χ3v) is 5.60. The van der Waals surface area contributed by atoms with Crippen LogP contribution in [0.2, 0.25) is 0 Å². The molecule has 0 aromatic heterocycles. The number of nitrogens with one attached hydrogen (secondary N) is 2. The number of unbranched alkanes of at least 4 members (excludes halogenated alkanes) is 1. The first-order valence-corrected chi connectivity index (χ1v) is 11.2. The zero-order chi connectivity index (χ0) is 24.3. The highest BCUT2D eigenvalue weighted by atomic mass is 32.1. The molecule has 0 saturated carbocycles. The summed E-state index contributed by atoms with van der Waals surface area (Å²) in [5.74, 6) is -3.73. The molecular formula is C19H34N6O6S. The number of thiol groups is 1. The number of rotatable bonds is 14. The van der Waals surface area contributed by atoms with Crippen molar-refractivity contribution in [1.82, 2.24) is 15.5 Å². The van der Waals surface area contributed by atoms with Gasteiger partial charge in [-0.2, -0.15) is 12.6 Å². The summed E-state index contributed by atoms with van der Waals surface area (Å²) in [6.45, 7) is 0.708. The number of hydrogen-bond acceptors (Lipinski definition) is 8. The van der Waals surface area contributed by atoms with Crippen LogP contribution >= 0.6 is 12.6 Å². The molecule has 9 N–H and O–H groups in total. The Morgan fingerprint density at radius 1 is 1.06 bits per heavy atom. The normalized spacial score (nSPS) is 18.5. The predicted molar refractivity (Wildman–Crippen MR) is 119 cm³/mol. The van der Waals surface area contributed by atoms with E-state index < -0.39 is 53.8 Å². The standard InChI is InChI=1S/C19H34N6O6S/c20-8-2-1-4-11(21)16(27)24-13(10-32)17(28)23-12(6-7-15(22)26)18(29)25-9-3-5-14(25)19(30)31/h11-14,32H,1-10,20-21H2,(H2,22,26)(H,23,28)(H,24,27)(H,30,31). The molecular weight excluding hydrogens is 440 g/mol. The Labute approximate surface area is 192 Å². The summed E-state index contributed by atoms with van der Waals surface area (Å²) in [5, 5.41) is 14.3. The van der Waals surface area contributed by atoms with Crippen molar-refractivity contribution in [2.75, 3.05) is 18.8 Å². The first-order valence-electron chi connectivity index (χ1n) is 10.6. The average molecular weight is 475 g/mol. The van der Waals surface area contributed by atoms with Crippen LogP contribution in [0.5, 0.6) is 0 Å². The van der Waals surface area contributed by atoms with E-state index in [2.05, 4.69) is 23.3 Å². The highest BCUT2D eigenvalue weighted by Gasteiger charge is 2.38. The molecule has 0 spiro atoms. The molecule has 0 radical (unpaired) electrons. The lowest BCUT2D eigenvalue weighted by Crippen LogP contribution is -2.57. The molecule has 4 atom stereocenters. The molecule has 12 nitrogen and oxygen atoms in total. The molecule has 0 aromatic carbocycles. The molecule has 0 aliphatic carbocycles. The molecule has 1 heterocycles. The van der Waals surface area contributed by atoms with Crippen molar-refractivity contribution < 1.29 is 29.1 Å². The van der Waals surface area contributed by atoms with Gasteiger partial charge in [0.15, 0.2) is 0 Å². The summed E-state index contributed by atoms with van der Waals surface area (Å²) in [4.78, 5) is 61.8. The van der Waals surface area contributed by atoms with Crippen LogP contribution in [-0.4, -0.2) is 82.6 Å². The first-order chi connectivity index (χ1) is 15.1. The lowest BCUT2D eigenvalue weighted by atomic mass is 10.1. The van der Waals surface area contributed by atoms with Gasteiger partial charge in [0.25, 0.3) is 0 Å². The van der Waals surface area contributed by atoms with Crippen molar-refractivity contribution in [2.45, 2.75) is 69.1 Å². The zero-order valence-electron chi connectivity index (χ0n) is 18.0. The van der Waals surface area contributed by atoms with Gasteiger partial charge >= 0.3 is 5.97 Å². The fourth-order valence-corrected chi connectivity index (χ4v) is 3.67. The number of primary amides is 1. The maximum atomic E-state index is 13.0. The Balaban J connectivity index is 2.84. The number of amides is 4. The molecule has 1 aliphatic heterocycles. The third kappa shape index (κ3) is 8.63. The van der Waals surface area contributed by atoms with E-state index in [1.54, 1.807) is 0 Å². The Morgan fingerprint density at radius 2 is 1.72 bits per heavy atom. The Morgan fingerprint density at radius 3 is 2.28 bits per heavy atom. The molecule has 0 bridgehead atoms. The number of nitrogens with zero attached hydrogens (tertiary/aromatic N) is 1. The molecule has 182 valence electrons. The molecule has 0 aromatic rings. The zero-order valence-corrected chi connectivity index (χ0v) is 18.9. The largest absolute Gasteiger partial charge is 0.480 e. The van der Waals surface area contributed by atoms with E-state index in [9.17, 15) is 29.1 Å². The molecule has 4 amide bonds. The molecule has 1 rings (SSSR count). The number of aliphatic carboxylic acids is 1. The number of likely N-dealkylation sites (tertiary alicyclic amines) is 1. The van der Waals surface area contributed by atoms with Crippen LogP contribution in [0.3, 0.4) is 0 Å². The second-order valence-electron chi connectivity index (χ2n) is 7.73. The summed E-state index contributed by atoms with van der Waals surface area (Å²) >= 11 is 4.09. The summed E-state index contributed by atoms with van der Waals surface area (Å²) < 4.78 is 0. The highest BCUT2D eigenvalue weighted by molar-refractivity contribution is 7.80. The molecule has 1 saturated heterocycles. The Hall–Kier alpha value is -2.38. The van der Waals surface area contributed by atoms with E-state index in [0.29, 0.717) is 32.2 Å². The van der Waals surface area contributed by atoms with Crippen molar-refractivity contribution in [2.24, 2.45) is 17.2 Å². The van der Waals surface area contributed by atoms with Gasteiger partial charge in [0.2, 0.25) is 23.6 Å². The van der Waals surface area contributed by atoms with E-state index in [4.69, 9.17) is 17.2 Å². The number of carboxylic acids is 1. The van der Waals surface area contributed by atoms with Crippen LogP contribution in [0.15, 0.2) is 0 Å². The smallest absolute Gasteiger partial charge is 0.326 e. The lowest BCUT2D eigenvalue weighted by Gasteiger charge is -2.28. The molecule has 4 unspecified atom stereocenters. The highest BCUT2D eigenvalue weighted by Crippen LogP contribution is 2.19. The van der Waals surface area contributed by atoms with Gasteiger partial charge in [-0.05, 0) is 38.6 Å². The maximum Gasteiger partial charge on any atom is 0.326 e. The topological polar surface area (TPSA) is 211 Å². The van der Waals surface area contributed by atoms with Gasteiger partial charge < -0.3 is 37.8 Å². The minimum absolute atomic E-state index is 0.0642. The number of hydrogen-bond donors (Lipinski definition) is 7. The van der Waals surface area contributed by atoms with E-state index >= 15 is 0 Å². The fourth-order valence-electron chi connectivity index (χ4n) is 3.42. The second kappa shape index (κ2) is 13.9. The van der Waals surface area contributed by atoms with Crippen LogP contribution in [0.4, 0.5) is 0 Å². The monoisotopic (exact) mass is 474 g/mol. The van der Waals surface area contributed by atoms with Crippen LogP contribution in [0, 0.1) is 0 Å². The lowest BCUT2D eigenvalue weighted by molar-refractivity contribution is -0.149. The third-order valence-electron chi connectivity index (χ3n) is 5.24. The van der Waals surface area contributed by atoms with E-state index in [0.717, 1.165) is 6.42 Å². The summed E-state index contributed by atoms with van der Waals surface area (Å²) in [5.41, 5.74) is 16.4. The first kappa shape index (κ1) is 27.7. The number of carbonyl (C=O) groups is 5. The van der Waals surface area contributed by atoms with Crippen LogP contribution in [0.25, 0.3) is 0 Å². The fraction of sp³-hybridized carbons (Fsp3) is 0.737. The molecule has 1 aliphatic rings. The van der Waals surface area contributed by atoms with Crippen LogP contribution in [0.1, 0.15) is 44.9 Å². The minimum atomic E-state index is -1.17. The van der Waals surface area contributed by atoms with Gasteiger partial charge in [-0.3, -0.25) is 19.2 Å². The van der Waals surface area contributed by atoms with Gasteiger partial charge in [0.05, 0.1) is 6.04 Å². The molecule has 13 heteroatoms. The van der Waals surface area contributed by atoms with Gasteiger partial charge in [-0.15, -0.1) is 0 Å². The van der Waals surface area contributed by atoms with E-state index in [1.165, 1.54) is 4.90 Å². The Kier molecular flexibility index (Phi) is 12.0. The number of carboxylic acid groups (broad SMARTS) is 1. The summed E-state index contributed by atoms with van der Waals surface area (Å²) in [6.07, 6.45) is 2.30. The second-order valence-corrected chi connectivity index (χ2v) is 8.09. The number of carbonyl (C=O) groups excluding carboxylic acids is 4. The average Bonchev–Trinajstić information content (AvgIpc) is 3.24. The van der Waals surface area contributed by atoms with Crippen molar-refractivity contribution in [3.8, 4) is 0 Å². The van der Waals surface area contributed by atoms with Crippen molar-refractivity contribution in [3.05, 3.63) is 0 Å². The Bertz CT molecular complexity index is 693. The van der Waals surface area contributed by atoms with E-state index in [1.807, 2.05) is 0 Å². The summed E-state index contributed by atoms with van der Waals surface area (Å²) in [7, 11) is 0. The van der Waals surface area contributed by atoms with Crippen molar-refractivity contribution >= 4 is 42.2 Å². The molecule has 1 fully saturated rings. The quantitative estimate of drug-likeness (QED) is 0.107. The maximum absolute atomic E-state index is 13.0. The molecule has 32 heavy (non-hydrogen) atoms. The SMILES string of the molecule is NCCCCC(N)C(=O)NC(CS)C(=O)NC(CCC(N)=O)C(=O)N1CCCC1C(=O)O. The summed E-state index contributed by atoms with van der Waals surface area (Å²) in [6, 6.07) is -4.08. The predicted octanol–water partition coefficient (Wildman–Crippen LogP) is -2.32. The van der Waals surface area contributed by atoms with Gasteiger partial charge in [0, 0.05) is 18.7 Å².